The summed E-state index contributed by atoms with van der Waals surface area (Å²) in [6, 6.07) is 12.5. The monoisotopic (exact) mass is 612 g/mol. The molecule has 0 radical (unpaired) electrons. The molecule has 1 saturated heterocycles. The highest BCUT2D eigenvalue weighted by molar-refractivity contribution is 9.10. The van der Waals surface area contributed by atoms with Gasteiger partial charge in [0.2, 0.25) is 0 Å². The van der Waals surface area contributed by atoms with E-state index in [-0.39, 0.29) is 32.2 Å². The molecule has 5 rings (SSSR count). The third-order valence-electron chi connectivity index (χ3n) is 6.16. The fourth-order valence-electron chi connectivity index (χ4n) is 4.35. The van der Waals surface area contributed by atoms with Gasteiger partial charge in [0.05, 0.1) is 40.0 Å². The van der Waals surface area contributed by atoms with Crippen LogP contribution >= 0.6 is 27.3 Å². The van der Waals surface area contributed by atoms with Crippen LogP contribution in [0.2, 0.25) is 0 Å². The fraction of sp³-hybridized carbons (Fsp3) is 0.179. The number of hydrogen-bond donors (Lipinski definition) is 2. The number of Topliss-reactive ketones (excluding diaryl/α,β-unsaturated/α-hetero) is 1. The average molecular weight is 613 g/mol. The number of ketones is 1. The van der Waals surface area contributed by atoms with Crippen LogP contribution in [0.1, 0.15) is 30.5 Å². The third kappa shape index (κ3) is 4.83. The molecule has 1 aromatic heterocycles. The number of thiazole rings is 1. The average Bonchev–Trinajstić information content (AvgIpc) is 3.46. The van der Waals surface area contributed by atoms with Crippen LogP contribution in [-0.2, 0) is 9.59 Å². The summed E-state index contributed by atoms with van der Waals surface area (Å²) in [6.45, 7) is 2.43. The van der Waals surface area contributed by atoms with E-state index in [1.165, 1.54) is 42.3 Å². The van der Waals surface area contributed by atoms with E-state index in [4.69, 9.17) is 9.47 Å². The molecule has 1 unspecified atom stereocenters. The minimum atomic E-state index is -1.14. The Labute approximate surface area is 235 Å². The van der Waals surface area contributed by atoms with E-state index in [2.05, 4.69) is 20.9 Å². The van der Waals surface area contributed by atoms with E-state index < -0.39 is 29.3 Å². The molecule has 1 aliphatic rings. The number of aliphatic hydroxyl groups is 1. The van der Waals surface area contributed by atoms with Crippen molar-refractivity contribution in [3.8, 4) is 17.2 Å². The van der Waals surface area contributed by atoms with Crippen molar-refractivity contribution < 1.29 is 33.7 Å². The van der Waals surface area contributed by atoms with E-state index in [1.807, 2.05) is 6.92 Å². The molecule has 1 amide bonds. The SMILES string of the molecule is CCCOc1cccc(/C(O)=C2\C(=O)C(=O)N(c3nc4ccc(F)cc4s3)C2c2cc(Br)c(O)c(OC)c2)c1. The number of aromatic nitrogens is 1. The van der Waals surface area contributed by atoms with Gasteiger partial charge in [-0.15, -0.1) is 0 Å². The Bertz CT molecular complexity index is 1650. The van der Waals surface area contributed by atoms with Crippen LogP contribution in [0.15, 0.2) is 64.6 Å². The normalized spacial score (nSPS) is 16.7. The Kier molecular flexibility index (Phi) is 7.28. The van der Waals surface area contributed by atoms with Gasteiger partial charge < -0.3 is 19.7 Å². The van der Waals surface area contributed by atoms with Gasteiger partial charge in [-0.25, -0.2) is 9.37 Å². The number of nitrogens with zero attached hydrogens (tertiary/aromatic N) is 2. The minimum absolute atomic E-state index is 0.0892. The number of methoxy groups -OCH3 is 1. The van der Waals surface area contributed by atoms with E-state index in [0.29, 0.717) is 28.1 Å². The number of carbonyl (C=O) groups excluding carboxylic acids is 2. The van der Waals surface area contributed by atoms with Crippen LogP contribution < -0.4 is 14.4 Å². The van der Waals surface area contributed by atoms with Crippen molar-refractivity contribution in [3.05, 3.63) is 81.6 Å². The quantitative estimate of drug-likeness (QED) is 0.143. The number of rotatable bonds is 7. The molecule has 11 heteroatoms. The van der Waals surface area contributed by atoms with Gasteiger partial charge in [0.15, 0.2) is 16.6 Å². The lowest BCUT2D eigenvalue weighted by molar-refractivity contribution is -0.132. The van der Waals surface area contributed by atoms with Crippen LogP contribution in [0.5, 0.6) is 17.2 Å². The van der Waals surface area contributed by atoms with Gasteiger partial charge in [-0.2, -0.15) is 0 Å². The zero-order chi connectivity index (χ0) is 27.8. The maximum Gasteiger partial charge on any atom is 0.301 e. The molecule has 2 heterocycles. The lowest BCUT2D eigenvalue weighted by Crippen LogP contribution is -2.29. The second-order valence-corrected chi connectivity index (χ2v) is 10.6. The predicted molar refractivity (Wildman–Crippen MR) is 149 cm³/mol. The van der Waals surface area contributed by atoms with E-state index in [1.54, 1.807) is 24.3 Å². The maximum atomic E-state index is 13.9. The topological polar surface area (TPSA) is 109 Å². The van der Waals surface area contributed by atoms with Gasteiger partial charge in [0, 0.05) is 5.56 Å². The van der Waals surface area contributed by atoms with Crippen molar-refractivity contribution in [2.75, 3.05) is 18.6 Å². The lowest BCUT2D eigenvalue weighted by Gasteiger charge is -2.24. The number of amides is 1. The Morgan fingerprint density at radius 3 is 2.72 bits per heavy atom. The minimum Gasteiger partial charge on any atom is -0.507 e. The highest BCUT2D eigenvalue weighted by Gasteiger charge is 2.48. The summed E-state index contributed by atoms with van der Waals surface area (Å²) in [6.07, 6.45) is 0.783. The molecule has 1 atom stereocenters. The van der Waals surface area contributed by atoms with E-state index >= 15 is 0 Å². The number of carbonyl (C=O) groups is 2. The van der Waals surface area contributed by atoms with Crippen LogP contribution in [-0.4, -0.2) is 40.6 Å². The summed E-state index contributed by atoms with van der Waals surface area (Å²) >= 11 is 4.33. The molecule has 1 aliphatic heterocycles. The van der Waals surface area contributed by atoms with Crippen molar-refractivity contribution in [2.45, 2.75) is 19.4 Å². The molecule has 0 aliphatic carbocycles. The number of anilines is 1. The van der Waals surface area contributed by atoms with Crippen molar-refractivity contribution in [2.24, 2.45) is 0 Å². The number of hydrogen-bond acceptors (Lipinski definition) is 8. The summed E-state index contributed by atoms with van der Waals surface area (Å²) in [4.78, 5) is 32.7. The van der Waals surface area contributed by atoms with Crippen LogP contribution in [0.25, 0.3) is 16.0 Å². The molecule has 200 valence electrons. The predicted octanol–water partition coefficient (Wildman–Crippen LogP) is 6.33. The number of halogens is 2. The zero-order valence-corrected chi connectivity index (χ0v) is 23.2. The molecule has 0 bridgehead atoms. The molecule has 3 aromatic carbocycles. The highest BCUT2D eigenvalue weighted by atomic mass is 79.9. The lowest BCUT2D eigenvalue weighted by atomic mass is 9.95. The van der Waals surface area contributed by atoms with Crippen molar-refractivity contribution in [1.29, 1.82) is 0 Å². The highest BCUT2D eigenvalue weighted by Crippen LogP contribution is 2.47. The second kappa shape index (κ2) is 10.7. The second-order valence-electron chi connectivity index (χ2n) is 8.71. The van der Waals surface area contributed by atoms with Gasteiger partial charge in [0.25, 0.3) is 5.78 Å². The smallest absolute Gasteiger partial charge is 0.301 e. The number of aromatic hydroxyl groups is 1. The molecule has 0 saturated carbocycles. The summed E-state index contributed by atoms with van der Waals surface area (Å²) in [7, 11) is 1.37. The number of benzene rings is 3. The standard InChI is InChI=1S/C28H22BrFN2O6S/c1-3-9-38-17-6-4-5-14(10-17)24(33)22-23(15-11-18(29)25(34)20(12-15)37-2)32(27(36)26(22)35)28-31-19-8-7-16(30)13-21(19)39-28/h4-8,10-13,23,33-34H,3,9H2,1-2H3/b24-22+. The van der Waals surface area contributed by atoms with Gasteiger partial charge in [0.1, 0.15) is 17.3 Å². The number of ether oxygens (including phenoxy) is 2. The molecule has 39 heavy (non-hydrogen) atoms. The third-order valence-corrected chi connectivity index (χ3v) is 7.78. The first-order valence-electron chi connectivity index (χ1n) is 11.9. The van der Waals surface area contributed by atoms with Gasteiger partial charge in [-0.05, 0) is 70.4 Å². The van der Waals surface area contributed by atoms with Crippen molar-refractivity contribution in [3.63, 3.8) is 0 Å². The van der Waals surface area contributed by atoms with Crippen LogP contribution in [0.3, 0.4) is 0 Å². The first-order valence-corrected chi connectivity index (χ1v) is 13.5. The maximum absolute atomic E-state index is 13.9. The molecule has 1 fully saturated rings. The Morgan fingerprint density at radius 1 is 1.18 bits per heavy atom. The number of fused-ring (bicyclic) bond motifs is 1. The molecular weight excluding hydrogens is 591 g/mol. The number of aliphatic hydroxyl groups excluding tert-OH is 1. The summed E-state index contributed by atoms with van der Waals surface area (Å²) in [5.74, 6) is -2.30. The Hall–Kier alpha value is -3.96. The van der Waals surface area contributed by atoms with Crippen LogP contribution in [0.4, 0.5) is 9.52 Å². The summed E-state index contributed by atoms with van der Waals surface area (Å²) in [5.41, 5.74) is 0.906. The van der Waals surface area contributed by atoms with E-state index in [0.717, 1.165) is 17.8 Å². The molecule has 8 nitrogen and oxygen atoms in total. The summed E-state index contributed by atoms with van der Waals surface area (Å²) < 4.78 is 25.6. The fourth-order valence-corrected chi connectivity index (χ4v) is 5.83. The Morgan fingerprint density at radius 2 is 1.97 bits per heavy atom. The number of phenols is 1. The molecular formula is C28H22BrFN2O6S. The zero-order valence-electron chi connectivity index (χ0n) is 20.8. The Balaban J connectivity index is 1.73. The van der Waals surface area contributed by atoms with Crippen molar-refractivity contribution in [1.82, 2.24) is 4.98 Å². The van der Waals surface area contributed by atoms with Gasteiger partial charge in [-0.3, -0.25) is 14.5 Å². The molecule has 0 spiro atoms. The summed E-state index contributed by atoms with van der Waals surface area (Å²) in [5, 5.41) is 22.0. The molecule has 2 N–H and O–H groups in total. The van der Waals surface area contributed by atoms with E-state index in [9.17, 15) is 24.2 Å². The van der Waals surface area contributed by atoms with Gasteiger partial charge >= 0.3 is 5.91 Å². The first-order chi connectivity index (χ1) is 18.7. The van der Waals surface area contributed by atoms with Crippen LogP contribution in [0, 0.1) is 5.82 Å². The molecule has 4 aromatic rings. The first kappa shape index (κ1) is 26.6. The number of phenolic OH excluding ortho intramolecular Hbond substituents is 1. The van der Waals surface area contributed by atoms with Crippen molar-refractivity contribution >= 4 is 60.1 Å². The van der Waals surface area contributed by atoms with Gasteiger partial charge in [-0.1, -0.05) is 30.4 Å². The largest absolute Gasteiger partial charge is 0.507 e.